The zero-order valence-corrected chi connectivity index (χ0v) is 7.44. The Morgan fingerprint density at radius 3 is 2.46 bits per heavy atom. The van der Waals surface area contributed by atoms with E-state index >= 15 is 0 Å². The van der Waals surface area contributed by atoms with Crippen LogP contribution in [0.25, 0.3) is 11.1 Å². The van der Waals surface area contributed by atoms with Gasteiger partial charge in [0.1, 0.15) is 5.82 Å². The van der Waals surface area contributed by atoms with Crippen molar-refractivity contribution in [1.82, 2.24) is 9.78 Å². The predicted octanol–water partition coefficient (Wildman–Crippen LogP) is 1.67. The molecule has 13 heavy (non-hydrogen) atoms. The minimum atomic E-state index is 0.700. The molecule has 0 amide bonds. The third-order valence-electron chi connectivity index (χ3n) is 2.07. The first-order valence-electron chi connectivity index (χ1n) is 4.12. The molecule has 0 bridgehead atoms. The minimum absolute atomic E-state index is 0.700. The monoisotopic (exact) mass is 173 g/mol. The summed E-state index contributed by atoms with van der Waals surface area (Å²) in [6.45, 7) is 0. The van der Waals surface area contributed by atoms with Crippen LogP contribution in [0, 0.1) is 0 Å². The Balaban J connectivity index is 2.53. The Bertz CT molecular complexity index is 403. The molecule has 0 fully saturated rings. The van der Waals surface area contributed by atoms with Crippen molar-refractivity contribution in [3.05, 3.63) is 36.5 Å². The SMILES string of the molecule is Cn1ncc(-c2ccccc2)c1N. The average molecular weight is 173 g/mol. The molecule has 66 valence electrons. The van der Waals surface area contributed by atoms with Gasteiger partial charge in [0.05, 0.1) is 6.20 Å². The lowest BCUT2D eigenvalue weighted by Crippen LogP contribution is -1.97. The zero-order chi connectivity index (χ0) is 9.26. The van der Waals surface area contributed by atoms with Crippen molar-refractivity contribution < 1.29 is 0 Å². The molecule has 0 aliphatic rings. The lowest BCUT2D eigenvalue weighted by molar-refractivity contribution is 0.779. The molecule has 1 aromatic heterocycles. The topological polar surface area (TPSA) is 43.8 Å². The van der Waals surface area contributed by atoms with E-state index in [2.05, 4.69) is 5.10 Å². The van der Waals surface area contributed by atoms with Crippen molar-refractivity contribution in [3.8, 4) is 11.1 Å². The van der Waals surface area contributed by atoms with E-state index in [1.54, 1.807) is 10.9 Å². The van der Waals surface area contributed by atoms with E-state index < -0.39 is 0 Å². The Hall–Kier alpha value is -1.77. The second-order valence-corrected chi connectivity index (χ2v) is 2.93. The molecule has 0 unspecified atom stereocenters. The number of nitrogen functional groups attached to an aromatic ring is 1. The highest BCUT2D eigenvalue weighted by molar-refractivity contribution is 5.73. The van der Waals surface area contributed by atoms with E-state index in [4.69, 9.17) is 5.73 Å². The Labute approximate surface area is 76.8 Å². The Morgan fingerprint density at radius 1 is 1.23 bits per heavy atom. The first-order valence-corrected chi connectivity index (χ1v) is 4.12. The fraction of sp³-hybridized carbons (Fsp3) is 0.100. The standard InChI is InChI=1S/C10H11N3/c1-13-10(11)9(7-12-13)8-5-3-2-4-6-8/h2-7H,11H2,1H3. The summed E-state index contributed by atoms with van der Waals surface area (Å²) in [4.78, 5) is 0. The zero-order valence-electron chi connectivity index (χ0n) is 7.44. The summed E-state index contributed by atoms with van der Waals surface area (Å²) < 4.78 is 1.67. The number of nitrogens with two attached hydrogens (primary N) is 1. The lowest BCUT2D eigenvalue weighted by Gasteiger charge is -1.99. The van der Waals surface area contributed by atoms with E-state index in [0.29, 0.717) is 5.82 Å². The molecule has 0 atom stereocenters. The van der Waals surface area contributed by atoms with Crippen LogP contribution in [0.4, 0.5) is 5.82 Å². The van der Waals surface area contributed by atoms with Crippen LogP contribution in [0.3, 0.4) is 0 Å². The number of rotatable bonds is 1. The molecule has 0 spiro atoms. The summed E-state index contributed by atoms with van der Waals surface area (Å²) in [6.07, 6.45) is 1.78. The summed E-state index contributed by atoms with van der Waals surface area (Å²) in [5.74, 6) is 0.700. The van der Waals surface area contributed by atoms with E-state index in [0.717, 1.165) is 11.1 Å². The van der Waals surface area contributed by atoms with Crippen LogP contribution in [0.1, 0.15) is 0 Å². The fourth-order valence-electron chi connectivity index (χ4n) is 1.29. The predicted molar refractivity (Wildman–Crippen MR) is 53.1 cm³/mol. The van der Waals surface area contributed by atoms with Crippen LogP contribution < -0.4 is 5.73 Å². The lowest BCUT2D eigenvalue weighted by atomic mass is 10.1. The van der Waals surface area contributed by atoms with Crippen molar-refractivity contribution in [2.75, 3.05) is 5.73 Å². The molecule has 0 aliphatic heterocycles. The van der Waals surface area contributed by atoms with E-state index in [1.807, 2.05) is 37.4 Å². The van der Waals surface area contributed by atoms with Gasteiger partial charge in [-0.2, -0.15) is 5.10 Å². The van der Waals surface area contributed by atoms with Crippen molar-refractivity contribution in [3.63, 3.8) is 0 Å². The van der Waals surface area contributed by atoms with Crippen LogP contribution in [-0.2, 0) is 7.05 Å². The molecule has 2 rings (SSSR count). The van der Waals surface area contributed by atoms with Gasteiger partial charge in [-0.1, -0.05) is 30.3 Å². The molecule has 0 aliphatic carbocycles. The smallest absolute Gasteiger partial charge is 0.129 e. The second-order valence-electron chi connectivity index (χ2n) is 2.93. The van der Waals surface area contributed by atoms with Crippen molar-refractivity contribution in [1.29, 1.82) is 0 Å². The highest BCUT2D eigenvalue weighted by Gasteiger charge is 2.05. The number of aryl methyl sites for hydroxylation is 1. The van der Waals surface area contributed by atoms with Gasteiger partial charge in [0.25, 0.3) is 0 Å². The number of nitrogens with zero attached hydrogens (tertiary/aromatic N) is 2. The molecule has 2 N–H and O–H groups in total. The van der Waals surface area contributed by atoms with Gasteiger partial charge in [-0.15, -0.1) is 0 Å². The van der Waals surface area contributed by atoms with Gasteiger partial charge >= 0.3 is 0 Å². The van der Waals surface area contributed by atoms with Gasteiger partial charge in [-0.25, -0.2) is 0 Å². The Morgan fingerprint density at radius 2 is 1.92 bits per heavy atom. The van der Waals surface area contributed by atoms with Gasteiger partial charge in [-0.05, 0) is 5.56 Å². The number of benzene rings is 1. The summed E-state index contributed by atoms with van der Waals surface area (Å²) in [6, 6.07) is 10.0. The largest absolute Gasteiger partial charge is 0.383 e. The quantitative estimate of drug-likeness (QED) is 0.712. The average Bonchev–Trinajstić information content (AvgIpc) is 2.49. The molecular weight excluding hydrogens is 162 g/mol. The third-order valence-corrected chi connectivity index (χ3v) is 2.07. The molecule has 2 aromatic rings. The fourth-order valence-corrected chi connectivity index (χ4v) is 1.29. The van der Waals surface area contributed by atoms with Crippen LogP contribution in [0.15, 0.2) is 36.5 Å². The van der Waals surface area contributed by atoms with Gasteiger partial charge < -0.3 is 5.73 Å². The Kier molecular flexibility index (Phi) is 1.77. The molecule has 0 radical (unpaired) electrons. The van der Waals surface area contributed by atoms with E-state index in [-0.39, 0.29) is 0 Å². The van der Waals surface area contributed by atoms with E-state index in [1.165, 1.54) is 0 Å². The highest BCUT2D eigenvalue weighted by Crippen LogP contribution is 2.23. The molecule has 1 aromatic carbocycles. The van der Waals surface area contributed by atoms with Crippen molar-refractivity contribution in [2.45, 2.75) is 0 Å². The summed E-state index contributed by atoms with van der Waals surface area (Å²) in [5.41, 5.74) is 7.93. The summed E-state index contributed by atoms with van der Waals surface area (Å²) in [7, 11) is 1.84. The maximum absolute atomic E-state index is 5.84. The maximum Gasteiger partial charge on any atom is 0.129 e. The number of anilines is 1. The van der Waals surface area contributed by atoms with E-state index in [9.17, 15) is 0 Å². The third kappa shape index (κ3) is 1.28. The first-order chi connectivity index (χ1) is 6.29. The second kappa shape index (κ2) is 2.94. The van der Waals surface area contributed by atoms with Crippen molar-refractivity contribution in [2.24, 2.45) is 7.05 Å². The van der Waals surface area contributed by atoms with Crippen LogP contribution in [0.5, 0.6) is 0 Å². The summed E-state index contributed by atoms with van der Waals surface area (Å²) in [5, 5.41) is 4.08. The van der Waals surface area contributed by atoms with Crippen LogP contribution in [-0.4, -0.2) is 9.78 Å². The summed E-state index contributed by atoms with van der Waals surface area (Å²) >= 11 is 0. The van der Waals surface area contributed by atoms with Gasteiger partial charge in [0.2, 0.25) is 0 Å². The van der Waals surface area contributed by atoms with Gasteiger partial charge in [-0.3, -0.25) is 4.68 Å². The molecule has 1 heterocycles. The maximum atomic E-state index is 5.84. The number of hydrogen-bond donors (Lipinski definition) is 1. The number of aromatic nitrogens is 2. The normalized spacial score (nSPS) is 10.2. The number of hydrogen-bond acceptors (Lipinski definition) is 2. The molecule has 0 saturated heterocycles. The van der Waals surface area contributed by atoms with Crippen molar-refractivity contribution >= 4 is 5.82 Å². The van der Waals surface area contributed by atoms with Crippen LogP contribution in [0.2, 0.25) is 0 Å². The van der Waals surface area contributed by atoms with Gasteiger partial charge in [0.15, 0.2) is 0 Å². The molecule has 3 nitrogen and oxygen atoms in total. The molecule has 0 saturated carbocycles. The molecular formula is C10H11N3. The molecule has 3 heteroatoms. The minimum Gasteiger partial charge on any atom is -0.383 e. The highest BCUT2D eigenvalue weighted by atomic mass is 15.3. The van der Waals surface area contributed by atoms with Gasteiger partial charge in [0, 0.05) is 12.6 Å². The van der Waals surface area contributed by atoms with Crippen LogP contribution >= 0.6 is 0 Å². The first kappa shape index (κ1) is 7.86.